The van der Waals surface area contributed by atoms with Crippen LogP contribution >= 0.6 is 0 Å². The Labute approximate surface area is 69.6 Å². The van der Waals surface area contributed by atoms with Gasteiger partial charge < -0.3 is 0 Å². The number of rotatable bonds is 2. The summed E-state index contributed by atoms with van der Waals surface area (Å²) in [5, 5.41) is 0. The molecule has 0 spiro atoms. The Balaban J connectivity index is 2.53. The van der Waals surface area contributed by atoms with Crippen LogP contribution in [0.4, 0.5) is 0 Å². The fraction of sp³-hybridized carbons (Fsp3) is 0.667. The van der Waals surface area contributed by atoms with Crippen molar-refractivity contribution in [3.05, 3.63) is 0 Å². The lowest BCUT2D eigenvalue weighted by molar-refractivity contribution is -0.127. The number of amides is 2. The number of carbonyl (C=O) groups excluding carboxylic acids is 2. The van der Waals surface area contributed by atoms with Crippen LogP contribution in [0, 0.1) is 17.8 Å². The number of nitrogens with two attached hydrogens (primary N) is 2. The molecule has 0 aliphatic heterocycles. The lowest BCUT2D eigenvalue weighted by Crippen LogP contribution is -2.36. The molecule has 0 aromatic rings. The Morgan fingerprint density at radius 1 is 1.08 bits per heavy atom. The lowest BCUT2D eigenvalue weighted by Gasteiger charge is -1.96. The van der Waals surface area contributed by atoms with E-state index in [0.29, 0.717) is 0 Å². The number of hydrogen-bond donors (Lipinski definition) is 4. The van der Waals surface area contributed by atoms with Crippen molar-refractivity contribution >= 4 is 11.8 Å². The smallest absolute Gasteiger partial charge is 0.238 e. The SMILES string of the molecule is CC1[C@H](C(=O)NN)[C@H]1C(=O)NN. The van der Waals surface area contributed by atoms with Gasteiger partial charge in [0, 0.05) is 0 Å². The highest BCUT2D eigenvalue weighted by atomic mass is 16.2. The van der Waals surface area contributed by atoms with E-state index in [1.165, 1.54) is 0 Å². The molecule has 1 aliphatic rings. The highest BCUT2D eigenvalue weighted by Crippen LogP contribution is 2.45. The first kappa shape index (κ1) is 8.95. The summed E-state index contributed by atoms with van der Waals surface area (Å²) < 4.78 is 0. The van der Waals surface area contributed by atoms with E-state index in [4.69, 9.17) is 11.7 Å². The van der Waals surface area contributed by atoms with Crippen molar-refractivity contribution in [2.45, 2.75) is 6.92 Å². The van der Waals surface area contributed by atoms with Gasteiger partial charge in [0.15, 0.2) is 0 Å². The molecule has 6 nitrogen and oxygen atoms in total. The quantitative estimate of drug-likeness (QED) is 0.216. The summed E-state index contributed by atoms with van der Waals surface area (Å²) in [6, 6.07) is 0. The third-order valence-electron chi connectivity index (χ3n) is 2.27. The molecule has 0 unspecified atom stereocenters. The van der Waals surface area contributed by atoms with Crippen molar-refractivity contribution < 1.29 is 9.59 Å². The van der Waals surface area contributed by atoms with Crippen LogP contribution in [0.25, 0.3) is 0 Å². The standard InChI is InChI=1S/C6H12N4O2/c1-2-3(5(11)9-7)4(2)6(12)10-8/h2-4H,7-8H2,1H3,(H,9,11)(H,10,12)/t3-,4-/m0/s1. The minimum Gasteiger partial charge on any atom is -0.294 e. The summed E-state index contributed by atoms with van der Waals surface area (Å²) in [4.78, 5) is 21.9. The van der Waals surface area contributed by atoms with Crippen LogP contribution in [0.15, 0.2) is 0 Å². The Bertz CT molecular complexity index is 196. The number of nitrogens with one attached hydrogen (secondary N) is 2. The normalized spacial score (nSPS) is 32.4. The molecule has 6 N–H and O–H groups in total. The van der Waals surface area contributed by atoms with Crippen LogP contribution < -0.4 is 22.5 Å². The first-order valence-corrected chi connectivity index (χ1v) is 3.64. The maximum atomic E-state index is 11.0. The van der Waals surface area contributed by atoms with Crippen molar-refractivity contribution in [1.82, 2.24) is 10.9 Å². The molecule has 0 aromatic heterocycles. The predicted molar refractivity (Wildman–Crippen MR) is 40.8 cm³/mol. The van der Waals surface area contributed by atoms with Crippen LogP contribution in [0.5, 0.6) is 0 Å². The molecular formula is C6H12N4O2. The average molecular weight is 172 g/mol. The van der Waals surface area contributed by atoms with Gasteiger partial charge in [-0.15, -0.1) is 0 Å². The average Bonchev–Trinajstić information content (AvgIpc) is 2.74. The molecule has 1 fully saturated rings. The molecule has 1 rings (SSSR count). The minimum absolute atomic E-state index is 0.0251. The van der Waals surface area contributed by atoms with Gasteiger partial charge in [0.2, 0.25) is 11.8 Å². The summed E-state index contributed by atoms with van der Waals surface area (Å²) in [6.45, 7) is 1.81. The zero-order valence-corrected chi connectivity index (χ0v) is 6.70. The van der Waals surface area contributed by atoms with Crippen molar-refractivity contribution in [2.24, 2.45) is 29.4 Å². The van der Waals surface area contributed by atoms with Gasteiger partial charge in [-0.3, -0.25) is 20.4 Å². The molecule has 0 heterocycles. The highest BCUT2D eigenvalue weighted by Gasteiger charge is 2.55. The zero-order valence-electron chi connectivity index (χ0n) is 6.70. The highest BCUT2D eigenvalue weighted by molar-refractivity contribution is 5.92. The molecule has 0 bridgehead atoms. The summed E-state index contributed by atoms with van der Waals surface area (Å²) in [5.41, 5.74) is 4.01. The third kappa shape index (κ3) is 1.26. The molecule has 2 amide bonds. The van der Waals surface area contributed by atoms with E-state index in [1.54, 1.807) is 6.92 Å². The first-order chi connectivity index (χ1) is 5.63. The fourth-order valence-corrected chi connectivity index (χ4v) is 1.46. The van der Waals surface area contributed by atoms with Gasteiger partial charge in [-0.25, -0.2) is 11.7 Å². The molecule has 1 saturated carbocycles. The summed E-state index contributed by atoms with van der Waals surface area (Å²) in [6.07, 6.45) is 0. The van der Waals surface area contributed by atoms with Crippen LogP contribution in [0.1, 0.15) is 6.92 Å². The van der Waals surface area contributed by atoms with E-state index >= 15 is 0 Å². The Morgan fingerprint density at radius 2 is 1.42 bits per heavy atom. The molecule has 68 valence electrons. The van der Waals surface area contributed by atoms with Gasteiger partial charge in [0.25, 0.3) is 0 Å². The summed E-state index contributed by atoms with van der Waals surface area (Å²) in [5.74, 6) is 8.60. The fourth-order valence-electron chi connectivity index (χ4n) is 1.46. The van der Waals surface area contributed by atoms with Crippen molar-refractivity contribution in [2.75, 3.05) is 0 Å². The predicted octanol–water partition coefficient (Wildman–Crippen LogP) is -2.15. The van der Waals surface area contributed by atoms with Gasteiger partial charge in [-0.2, -0.15) is 0 Å². The molecule has 0 saturated heterocycles. The topological polar surface area (TPSA) is 110 Å². The Kier molecular flexibility index (Phi) is 2.30. The van der Waals surface area contributed by atoms with Gasteiger partial charge in [0.1, 0.15) is 0 Å². The van der Waals surface area contributed by atoms with Gasteiger partial charge in [-0.05, 0) is 5.92 Å². The van der Waals surface area contributed by atoms with Crippen LogP contribution in [0.2, 0.25) is 0 Å². The second-order valence-electron chi connectivity index (χ2n) is 2.93. The molecule has 12 heavy (non-hydrogen) atoms. The second-order valence-corrected chi connectivity index (χ2v) is 2.93. The van der Waals surface area contributed by atoms with E-state index < -0.39 is 0 Å². The third-order valence-corrected chi connectivity index (χ3v) is 2.27. The van der Waals surface area contributed by atoms with Crippen molar-refractivity contribution in [3.8, 4) is 0 Å². The van der Waals surface area contributed by atoms with Crippen molar-refractivity contribution in [3.63, 3.8) is 0 Å². The van der Waals surface area contributed by atoms with Gasteiger partial charge >= 0.3 is 0 Å². The summed E-state index contributed by atoms with van der Waals surface area (Å²) in [7, 11) is 0. The van der Waals surface area contributed by atoms with Crippen LogP contribution in [0.3, 0.4) is 0 Å². The molecule has 1 aliphatic carbocycles. The van der Waals surface area contributed by atoms with E-state index in [-0.39, 0.29) is 29.6 Å². The molecule has 2 atom stereocenters. The summed E-state index contributed by atoms with van der Waals surface area (Å²) >= 11 is 0. The largest absolute Gasteiger partial charge is 0.294 e. The number of hydrogen-bond acceptors (Lipinski definition) is 4. The minimum atomic E-state index is -0.321. The van der Waals surface area contributed by atoms with E-state index in [2.05, 4.69) is 0 Å². The Morgan fingerprint density at radius 3 is 1.67 bits per heavy atom. The number of hydrazine groups is 2. The second kappa shape index (κ2) is 3.08. The van der Waals surface area contributed by atoms with Gasteiger partial charge in [-0.1, -0.05) is 6.92 Å². The maximum absolute atomic E-state index is 11.0. The van der Waals surface area contributed by atoms with Crippen molar-refractivity contribution in [1.29, 1.82) is 0 Å². The van der Waals surface area contributed by atoms with E-state index in [9.17, 15) is 9.59 Å². The van der Waals surface area contributed by atoms with Gasteiger partial charge in [0.05, 0.1) is 11.8 Å². The lowest BCUT2D eigenvalue weighted by atomic mass is 10.3. The van der Waals surface area contributed by atoms with Crippen LogP contribution in [-0.4, -0.2) is 11.8 Å². The first-order valence-electron chi connectivity index (χ1n) is 3.64. The molecule has 0 aromatic carbocycles. The monoisotopic (exact) mass is 172 g/mol. The number of carbonyl (C=O) groups is 2. The zero-order chi connectivity index (χ0) is 9.30. The molecular weight excluding hydrogens is 160 g/mol. The van der Waals surface area contributed by atoms with Crippen LogP contribution in [-0.2, 0) is 9.59 Å². The molecule has 6 heteroatoms. The molecule has 0 radical (unpaired) electrons. The van der Waals surface area contributed by atoms with E-state index in [1.807, 2.05) is 10.9 Å². The van der Waals surface area contributed by atoms with E-state index in [0.717, 1.165) is 0 Å². The Hall–Kier alpha value is -1.14. The maximum Gasteiger partial charge on any atom is 0.238 e.